The molecular weight excluding hydrogens is 295 g/mol. The summed E-state index contributed by atoms with van der Waals surface area (Å²) in [6.45, 7) is 5.17. The van der Waals surface area contributed by atoms with Crippen LogP contribution in [0.4, 0.5) is 0 Å². The van der Waals surface area contributed by atoms with Crippen LogP contribution in [0, 0.1) is 0 Å². The van der Waals surface area contributed by atoms with Crippen molar-refractivity contribution in [2.24, 2.45) is 5.73 Å². The molecule has 0 saturated heterocycles. The molecule has 1 rings (SSSR count). The number of nitrogens with one attached hydrogen (secondary N) is 1. The summed E-state index contributed by atoms with van der Waals surface area (Å²) < 4.78 is 0. The number of rotatable bonds is 7. The Hall–Kier alpha value is -0.770. The zero-order valence-corrected chi connectivity index (χ0v) is 13.5. The maximum atomic E-state index is 11.6. The Labute approximate surface area is 130 Å². The van der Waals surface area contributed by atoms with Crippen molar-refractivity contribution >= 4 is 29.1 Å². The van der Waals surface area contributed by atoms with Crippen molar-refractivity contribution in [3.8, 4) is 0 Å². The molecule has 20 heavy (non-hydrogen) atoms. The van der Waals surface area contributed by atoms with Crippen molar-refractivity contribution in [1.29, 1.82) is 0 Å². The maximum Gasteiger partial charge on any atom is 0.221 e. The van der Waals surface area contributed by atoms with E-state index in [0.29, 0.717) is 29.6 Å². The van der Waals surface area contributed by atoms with E-state index in [-0.39, 0.29) is 11.3 Å². The highest BCUT2D eigenvalue weighted by Gasteiger charge is 2.29. The predicted octanol–water partition coefficient (Wildman–Crippen LogP) is 3.52. The van der Waals surface area contributed by atoms with Crippen LogP contribution in [0.5, 0.6) is 0 Å². The highest BCUT2D eigenvalue weighted by Crippen LogP contribution is 2.34. The molecule has 0 unspecified atom stereocenters. The molecule has 0 radical (unpaired) electrons. The Kier molecular flexibility index (Phi) is 6.80. The SMILES string of the molecule is CCC(CC)(CNC(=O)CCN)c1ccc(Cl)c(Cl)c1. The summed E-state index contributed by atoms with van der Waals surface area (Å²) >= 11 is 12.1. The van der Waals surface area contributed by atoms with Crippen molar-refractivity contribution in [3.05, 3.63) is 33.8 Å². The smallest absolute Gasteiger partial charge is 0.221 e. The minimum absolute atomic E-state index is 0.0150. The average molecular weight is 317 g/mol. The molecule has 0 aliphatic carbocycles. The largest absolute Gasteiger partial charge is 0.355 e. The molecule has 0 aromatic heterocycles. The van der Waals surface area contributed by atoms with Gasteiger partial charge in [-0.15, -0.1) is 0 Å². The fourth-order valence-corrected chi connectivity index (χ4v) is 2.62. The van der Waals surface area contributed by atoms with Crippen molar-refractivity contribution in [3.63, 3.8) is 0 Å². The molecule has 1 amide bonds. The lowest BCUT2D eigenvalue weighted by Crippen LogP contribution is -2.40. The van der Waals surface area contributed by atoms with Crippen molar-refractivity contribution in [2.75, 3.05) is 13.1 Å². The van der Waals surface area contributed by atoms with Crippen LogP contribution < -0.4 is 11.1 Å². The Balaban J connectivity index is 2.95. The van der Waals surface area contributed by atoms with Crippen LogP contribution in [0.25, 0.3) is 0 Å². The van der Waals surface area contributed by atoms with Gasteiger partial charge >= 0.3 is 0 Å². The topological polar surface area (TPSA) is 55.1 Å². The summed E-state index contributed by atoms with van der Waals surface area (Å²) in [7, 11) is 0. The lowest BCUT2D eigenvalue weighted by atomic mass is 9.75. The van der Waals surface area contributed by atoms with Gasteiger partial charge < -0.3 is 11.1 Å². The van der Waals surface area contributed by atoms with Crippen LogP contribution in [0.1, 0.15) is 38.7 Å². The summed E-state index contributed by atoms with van der Waals surface area (Å²) in [5.74, 6) is -0.0150. The molecule has 0 bridgehead atoms. The van der Waals surface area contributed by atoms with Gasteiger partial charge in [0, 0.05) is 24.9 Å². The molecule has 1 aromatic carbocycles. The third-order valence-electron chi connectivity index (χ3n) is 3.88. The Morgan fingerprint density at radius 1 is 1.25 bits per heavy atom. The lowest BCUT2D eigenvalue weighted by Gasteiger charge is -2.33. The molecular formula is C15H22Cl2N2O. The molecule has 0 heterocycles. The van der Waals surface area contributed by atoms with Gasteiger partial charge in [-0.05, 0) is 30.5 Å². The number of amides is 1. The maximum absolute atomic E-state index is 11.6. The summed E-state index contributed by atoms with van der Waals surface area (Å²) in [6, 6.07) is 5.68. The van der Waals surface area contributed by atoms with Gasteiger partial charge in [-0.3, -0.25) is 4.79 Å². The first kappa shape index (κ1) is 17.3. The van der Waals surface area contributed by atoms with Crippen LogP contribution in [0.2, 0.25) is 10.0 Å². The van der Waals surface area contributed by atoms with Crippen molar-refractivity contribution in [2.45, 2.75) is 38.5 Å². The van der Waals surface area contributed by atoms with Crippen LogP contribution in [0.3, 0.4) is 0 Å². The van der Waals surface area contributed by atoms with E-state index in [2.05, 4.69) is 19.2 Å². The highest BCUT2D eigenvalue weighted by molar-refractivity contribution is 6.42. The minimum Gasteiger partial charge on any atom is -0.355 e. The first-order chi connectivity index (χ1) is 9.49. The fourth-order valence-electron chi connectivity index (χ4n) is 2.32. The van der Waals surface area contributed by atoms with Crippen molar-refractivity contribution < 1.29 is 4.79 Å². The Morgan fingerprint density at radius 3 is 2.40 bits per heavy atom. The zero-order valence-electron chi connectivity index (χ0n) is 12.0. The van der Waals surface area contributed by atoms with E-state index in [1.165, 1.54) is 0 Å². The minimum atomic E-state index is -0.127. The number of nitrogens with two attached hydrogens (primary N) is 1. The molecule has 3 N–H and O–H groups in total. The van der Waals surface area contributed by atoms with Gasteiger partial charge in [-0.1, -0.05) is 43.1 Å². The second kappa shape index (κ2) is 7.87. The molecule has 0 saturated carbocycles. The number of hydrogen-bond donors (Lipinski definition) is 2. The first-order valence-electron chi connectivity index (χ1n) is 6.91. The van der Waals surface area contributed by atoms with Gasteiger partial charge in [0.15, 0.2) is 0 Å². The summed E-state index contributed by atoms with van der Waals surface area (Å²) in [5.41, 5.74) is 6.36. The number of carbonyl (C=O) groups is 1. The molecule has 5 heteroatoms. The molecule has 1 aromatic rings. The normalized spacial score (nSPS) is 11.4. The monoisotopic (exact) mass is 316 g/mol. The highest BCUT2D eigenvalue weighted by atomic mass is 35.5. The van der Waals surface area contributed by atoms with Gasteiger partial charge in [0.1, 0.15) is 0 Å². The number of halogens is 2. The third kappa shape index (κ3) is 4.11. The van der Waals surface area contributed by atoms with Gasteiger partial charge in [0.25, 0.3) is 0 Å². The Morgan fingerprint density at radius 2 is 1.90 bits per heavy atom. The average Bonchev–Trinajstić information content (AvgIpc) is 2.44. The molecule has 0 fully saturated rings. The summed E-state index contributed by atoms with van der Waals surface area (Å²) in [5, 5.41) is 4.05. The van der Waals surface area contributed by atoms with E-state index < -0.39 is 0 Å². The van der Waals surface area contributed by atoms with E-state index in [4.69, 9.17) is 28.9 Å². The molecule has 112 valence electrons. The van der Waals surface area contributed by atoms with Gasteiger partial charge in [0.2, 0.25) is 5.91 Å². The van der Waals surface area contributed by atoms with E-state index in [1.54, 1.807) is 6.07 Å². The molecule has 0 aliphatic rings. The van der Waals surface area contributed by atoms with Crippen LogP contribution in [-0.4, -0.2) is 19.0 Å². The molecule has 3 nitrogen and oxygen atoms in total. The van der Waals surface area contributed by atoms with Crippen LogP contribution in [0.15, 0.2) is 18.2 Å². The quantitative estimate of drug-likeness (QED) is 0.808. The van der Waals surface area contributed by atoms with E-state index in [0.717, 1.165) is 18.4 Å². The standard InChI is InChI=1S/C15H22Cl2N2O/c1-3-15(4-2,10-19-14(20)7-8-18)11-5-6-12(16)13(17)9-11/h5-6,9H,3-4,7-8,10,18H2,1-2H3,(H,19,20). The molecule has 0 aliphatic heterocycles. The van der Waals surface area contributed by atoms with Crippen molar-refractivity contribution in [1.82, 2.24) is 5.32 Å². The van der Waals surface area contributed by atoms with E-state index in [1.807, 2.05) is 12.1 Å². The number of benzene rings is 1. The lowest BCUT2D eigenvalue weighted by molar-refractivity contribution is -0.121. The summed E-state index contributed by atoms with van der Waals surface area (Å²) in [4.78, 5) is 11.6. The van der Waals surface area contributed by atoms with E-state index >= 15 is 0 Å². The molecule has 0 spiro atoms. The zero-order chi connectivity index (χ0) is 15.2. The second-order valence-electron chi connectivity index (χ2n) is 4.93. The number of carbonyl (C=O) groups excluding carboxylic acids is 1. The van der Waals surface area contributed by atoms with Gasteiger partial charge in [-0.2, -0.15) is 0 Å². The predicted molar refractivity (Wildman–Crippen MR) is 85.4 cm³/mol. The number of hydrogen-bond acceptors (Lipinski definition) is 2. The first-order valence-corrected chi connectivity index (χ1v) is 7.67. The van der Waals surface area contributed by atoms with Gasteiger partial charge in [-0.25, -0.2) is 0 Å². The Bertz CT molecular complexity index is 459. The second-order valence-corrected chi connectivity index (χ2v) is 5.75. The summed E-state index contributed by atoms with van der Waals surface area (Å²) in [6.07, 6.45) is 2.17. The fraction of sp³-hybridized carbons (Fsp3) is 0.533. The van der Waals surface area contributed by atoms with E-state index in [9.17, 15) is 4.79 Å². The molecule has 0 atom stereocenters. The third-order valence-corrected chi connectivity index (χ3v) is 4.62. The van der Waals surface area contributed by atoms with Gasteiger partial charge in [0.05, 0.1) is 10.0 Å². The van der Waals surface area contributed by atoms with Crippen LogP contribution >= 0.6 is 23.2 Å². The van der Waals surface area contributed by atoms with Crippen LogP contribution in [-0.2, 0) is 10.2 Å².